The van der Waals surface area contributed by atoms with E-state index in [1.807, 2.05) is 59.5 Å². The van der Waals surface area contributed by atoms with Crippen molar-refractivity contribution >= 4 is 27.4 Å². The molecule has 4 rings (SSSR count). The molecule has 10 heteroatoms. The smallest absolute Gasteiger partial charge is 0.303 e. The van der Waals surface area contributed by atoms with E-state index in [9.17, 15) is 22.0 Å². The molecule has 4 aromatic rings. The van der Waals surface area contributed by atoms with Crippen LogP contribution in [0.15, 0.2) is 84.9 Å². The van der Waals surface area contributed by atoms with E-state index >= 15 is 0 Å². The van der Waals surface area contributed by atoms with E-state index in [0.29, 0.717) is 53.4 Å². The molecule has 0 aliphatic rings. The molecule has 0 aliphatic heterocycles. The fourth-order valence-corrected chi connectivity index (χ4v) is 5.17. The van der Waals surface area contributed by atoms with Gasteiger partial charge in [-0.2, -0.15) is 0 Å². The highest BCUT2D eigenvalue weighted by molar-refractivity contribution is 7.92. The van der Waals surface area contributed by atoms with Crippen LogP contribution in [0.4, 0.5) is 20.2 Å². The monoisotopic (exact) mass is 594 g/mol. The second-order valence-corrected chi connectivity index (χ2v) is 11.8. The molecule has 0 spiro atoms. The van der Waals surface area contributed by atoms with Gasteiger partial charge in [-0.3, -0.25) is 9.52 Å². The molecule has 220 valence electrons. The summed E-state index contributed by atoms with van der Waals surface area (Å²) < 4.78 is 60.5. The Balaban J connectivity index is 1.52. The second kappa shape index (κ2) is 13.5. The summed E-state index contributed by atoms with van der Waals surface area (Å²) in [7, 11) is -3.52. The summed E-state index contributed by atoms with van der Waals surface area (Å²) >= 11 is 0. The number of halogens is 2. The fourth-order valence-electron chi connectivity index (χ4n) is 4.55. The quantitative estimate of drug-likeness (QED) is 0.172. The van der Waals surface area contributed by atoms with E-state index in [4.69, 9.17) is 9.84 Å². The van der Waals surface area contributed by atoms with Crippen LogP contribution >= 0.6 is 0 Å². The Bertz CT molecular complexity index is 1640. The van der Waals surface area contributed by atoms with Crippen molar-refractivity contribution in [3.63, 3.8) is 0 Å². The molecule has 7 nitrogen and oxygen atoms in total. The van der Waals surface area contributed by atoms with Gasteiger partial charge in [-0.25, -0.2) is 17.2 Å². The normalized spacial score (nSPS) is 11.2. The number of hydrogen-bond acceptors (Lipinski definition) is 5. The fraction of sp³-hybridized carbons (Fsp3) is 0.219. The molecule has 0 saturated heterocycles. The number of carbonyl (C=O) groups is 1. The van der Waals surface area contributed by atoms with Gasteiger partial charge in [0.1, 0.15) is 23.1 Å². The van der Waals surface area contributed by atoms with Gasteiger partial charge in [0.15, 0.2) is 0 Å². The topological polar surface area (TPSA) is 95.9 Å². The van der Waals surface area contributed by atoms with Crippen molar-refractivity contribution in [1.29, 1.82) is 0 Å². The van der Waals surface area contributed by atoms with Crippen molar-refractivity contribution in [2.75, 3.05) is 15.9 Å². The summed E-state index contributed by atoms with van der Waals surface area (Å²) in [5, 5.41) is 8.80. The number of nitrogens with zero attached hydrogens (tertiary/aromatic N) is 1. The molecular formula is C32H32F2N2O5S. The molecule has 0 aliphatic carbocycles. The molecular weight excluding hydrogens is 562 g/mol. The second-order valence-electron chi connectivity index (χ2n) is 10.1. The lowest BCUT2D eigenvalue weighted by Crippen LogP contribution is -2.24. The van der Waals surface area contributed by atoms with Gasteiger partial charge in [0.05, 0.1) is 11.9 Å². The van der Waals surface area contributed by atoms with Crippen LogP contribution in [-0.2, 0) is 34.3 Å². The molecule has 0 amide bonds. The minimum absolute atomic E-state index is 0.117. The number of benzene rings is 4. The third-order valence-electron chi connectivity index (χ3n) is 6.63. The maximum atomic E-state index is 14.6. The zero-order valence-corrected chi connectivity index (χ0v) is 24.1. The molecule has 0 heterocycles. The molecule has 0 saturated carbocycles. The summed E-state index contributed by atoms with van der Waals surface area (Å²) in [5.41, 5.74) is 3.98. The first-order chi connectivity index (χ1) is 20.0. The molecule has 4 aromatic carbocycles. The number of nitrogens with one attached hydrogen (secondary N) is 1. The Kier molecular flexibility index (Phi) is 9.80. The first kappa shape index (κ1) is 30.5. The maximum absolute atomic E-state index is 14.6. The van der Waals surface area contributed by atoms with Crippen molar-refractivity contribution in [2.45, 2.75) is 39.3 Å². The molecule has 0 unspecified atom stereocenters. The molecule has 42 heavy (non-hydrogen) atoms. The number of hydrogen-bond donors (Lipinski definition) is 2. The molecule has 0 bridgehead atoms. The number of aryl methyl sites for hydroxylation is 1. The van der Waals surface area contributed by atoms with Gasteiger partial charge in [0.2, 0.25) is 10.0 Å². The summed E-state index contributed by atoms with van der Waals surface area (Å²) in [4.78, 5) is 12.6. The predicted molar refractivity (Wildman–Crippen MR) is 159 cm³/mol. The van der Waals surface area contributed by atoms with E-state index in [2.05, 4.69) is 4.72 Å². The van der Waals surface area contributed by atoms with Gasteiger partial charge in [0.25, 0.3) is 0 Å². The zero-order valence-electron chi connectivity index (χ0n) is 23.3. The number of rotatable bonds is 13. The Hall–Kier alpha value is -4.44. The highest BCUT2D eigenvalue weighted by Gasteiger charge is 2.17. The van der Waals surface area contributed by atoms with Crippen molar-refractivity contribution in [3.05, 3.63) is 119 Å². The highest BCUT2D eigenvalue weighted by Crippen LogP contribution is 2.31. The third kappa shape index (κ3) is 8.78. The first-order valence-electron chi connectivity index (χ1n) is 13.3. The number of ether oxygens (including phenoxy) is 1. The lowest BCUT2D eigenvalue weighted by Gasteiger charge is -2.28. The van der Waals surface area contributed by atoms with E-state index in [1.165, 1.54) is 12.1 Å². The van der Waals surface area contributed by atoms with Crippen LogP contribution in [0.2, 0.25) is 0 Å². The zero-order chi connectivity index (χ0) is 30.3. The van der Waals surface area contributed by atoms with Crippen LogP contribution in [0.5, 0.6) is 11.5 Å². The lowest BCUT2D eigenvalue weighted by molar-refractivity contribution is -0.137. The van der Waals surface area contributed by atoms with Crippen LogP contribution in [-0.4, -0.2) is 25.7 Å². The minimum Gasteiger partial charge on any atom is -0.481 e. The van der Waals surface area contributed by atoms with Crippen molar-refractivity contribution < 1.29 is 31.8 Å². The summed E-state index contributed by atoms with van der Waals surface area (Å²) in [6.45, 7) is 2.25. The van der Waals surface area contributed by atoms with Gasteiger partial charge in [-0.05, 0) is 78.9 Å². The minimum atomic E-state index is -3.52. The van der Waals surface area contributed by atoms with Gasteiger partial charge in [-0.1, -0.05) is 36.4 Å². The molecule has 0 aromatic heterocycles. The summed E-state index contributed by atoms with van der Waals surface area (Å²) in [6, 6.07) is 23.6. The lowest BCUT2D eigenvalue weighted by atomic mass is 10.1. The maximum Gasteiger partial charge on any atom is 0.303 e. The van der Waals surface area contributed by atoms with Crippen molar-refractivity contribution in [1.82, 2.24) is 0 Å². The van der Waals surface area contributed by atoms with Crippen LogP contribution in [0.3, 0.4) is 0 Å². The largest absolute Gasteiger partial charge is 0.481 e. The number of carboxylic acids is 1. The Morgan fingerprint density at radius 1 is 0.905 bits per heavy atom. The molecule has 0 fully saturated rings. The van der Waals surface area contributed by atoms with E-state index < -0.39 is 27.6 Å². The van der Waals surface area contributed by atoms with Crippen LogP contribution in [0.25, 0.3) is 0 Å². The molecule has 2 N–H and O–H groups in total. The molecule has 0 atom stereocenters. The van der Waals surface area contributed by atoms with Crippen LogP contribution in [0, 0.1) is 18.6 Å². The number of anilines is 2. The van der Waals surface area contributed by atoms with Gasteiger partial charge in [0, 0.05) is 36.8 Å². The SMILES string of the molecule is Cc1c(NS(C)(=O)=O)cccc1N(Cc1ccc(Oc2ccc(CCCC(=O)O)cc2)cc1)Cc1ccc(F)cc1F. The summed E-state index contributed by atoms with van der Waals surface area (Å²) in [5.74, 6) is -0.883. The third-order valence-corrected chi connectivity index (χ3v) is 7.22. The Morgan fingerprint density at radius 2 is 1.55 bits per heavy atom. The van der Waals surface area contributed by atoms with Gasteiger partial charge >= 0.3 is 5.97 Å². The summed E-state index contributed by atoms with van der Waals surface area (Å²) in [6.07, 6.45) is 2.45. The van der Waals surface area contributed by atoms with Crippen LogP contribution in [0.1, 0.15) is 35.1 Å². The number of carboxylic acid groups (broad SMARTS) is 1. The van der Waals surface area contributed by atoms with Crippen LogP contribution < -0.4 is 14.4 Å². The number of sulfonamides is 1. The first-order valence-corrected chi connectivity index (χ1v) is 15.2. The highest BCUT2D eigenvalue weighted by atomic mass is 32.2. The van der Waals surface area contributed by atoms with E-state index in [0.717, 1.165) is 23.4 Å². The van der Waals surface area contributed by atoms with E-state index in [1.54, 1.807) is 19.1 Å². The molecule has 0 radical (unpaired) electrons. The Morgan fingerprint density at radius 3 is 2.14 bits per heavy atom. The average Bonchev–Trinajstić information content (AvgIpc) is 2.92. The average molecular weight is 595 g/mol. The standard InChI is InChI=1S/C32H32F2N2O5S/c1-22-30(35-42(2,39)40)6-4-7-31(22)36(21-25-13-14-26(33)19-29(25)34)20-24-11-17-28(18-12-24)41-27-15-9-23(10-16-27)5-3-8-32(37)38/h4,6-7,9-19,35H,3,5,8,20-21H2,1-2H3,(H,37,38). The number of aliphatic carboxylic acids is 1. The predicted octanol–water partition coefficient (Wildman–Crippen LogP) is 7.05. The Labute approximate surface area is 244 Å². The van der Waals surface area contributed by atoms with Crippen molar-refractivity contribution in [2.24, 2.45) is 0 Å². The van der Waals surface area contributed by atoms with E-state index in [-0.39, 0.29) is 13.0 Å². The van der Waals surface area contributed by atoms with Gasteiger partial charge < -0.3 is 14.7 Å². The van der Waals surface area contributed by atoms with Gasteiger partial charge in [-0.15, -0.1) is 0 Å². The van der Waals surface area contributed by atoms with Crippen molar-refractivity contribution in [3.8, 4) is 11.5 Å².